The van der Waals surface area contributed by atoms with Crippen LogP contribution in [0.25, 0.3) is 10.8 Å². The van der Waals surface area contributed by atoms with Gasteiger partial charge in [0.15, 0.2) is 0 Å². The minimum absolute atomic E-state index is 0.00370. The number of benzene rings is 3. The third-order valence-electron chi connectivity index (χ3n) is 14.3. The normalized spacial score (nSPS) is 20.9. The Labute approximate surface area is 442 Å². The lowest BCUT2D eigenvalue weighted by Crippen LogP contribution is -2.56. The van der Waals surface area contributed by atoms with Crippen LogP contribution in [0.4, 0.5) is 22.0 Å². The molecule has 76 heavy (non-hydrogen) atoms. The predicted molar refractivity (Wildman–Crippen MR) is 280 cm³/mol. The molecule has 2 N–H and O–H groups in total. The summed E-state index contributed by atoms with van der Waals surface area (Å²) in [5.41, 5.74) is 3.32. The first kappa shape index (κ1) is 53.9. The third-order valence-corrected chi connectivity index (χ3v) is 14.3. The number of nitrogens with zero attached hydrogens (tertiary/aromatic N) is 8. The molecule has 5 aliphatic rings. The van der Waals surface area contributed by atoms with Crippen LogP contribution in [0.1, 0.15) is 78.4 Å². The van der Waals surface area contributed by atoms with E-state index in [-0.39, 0.29) is 48.6 Å². The van der Waals surface area contributed by atoms with Crippen molar-refractivity contribution in [1.29, 1.82) is 5.26 Å². The van der Waals surface area contributed by atoms with Crippen LogP contribution in [0, 0.1) is 11.3 Å². The van der Waals surface area contributed by atoms with Gasteiger partial charge in [-0.05, 0) is 70.7 Å². The van der Waals surface area contributed by atoms with Crippen molar-refractivity contribution < 1.29 is 52.4 Å². The third kappa shape index (κ3) is 12.6. The van der Waals surface area contributed by atoms with E-state index in [0.717, 1.165) is 47.2 Å². The van der Waals surface area contributed by atoms with E-state index in [2.05, 4.69) is 80.9 Å². The molecule has 4 atom stereocenters. The van der Waals surface area contributed by atoms with Gasteiger partial charge in [0.05, 0.1) is 94.2 Å². The average Bonchev–Trinajstić information content (AvgIpc) is 3.96. The molecule has 4 aromatic rings. The Hall–Kier alpha value is -6.96. The number of amides is 5. The van der Waals surface area contributed by atoms with Crippen molar-refractivity contribution in [2.75, 3.05) is 114 Å². The number of hydrogen-bond acceptors (Lipinski definition) is 18. The summed E-state index contributed by atoms with van der Waals surface area (Å²) in [7, 11) is 2.06. The molecule has 0 saturated carbocycles. The molecule has 0 spiro atoms. The minimum atomic E-state index is -1.03. The lowest BCUT2D eigenvalue weighted by atomic mass is 10.0. The Kier molecular flexibility index (Phi) is 17.3. The van der Waals surface area contributed by atoms with Crippen LogP contribution in [0.5, 0.6) is 6.01 Å². The number of rotatable bonds is 21. The lowest BCUT2D eigenvalue weighted by Gasteiger charge is -2.42. The fraction of sp³-hybridized carbons (Fsp3) is 0.527. The maximum atomic E-state index is 13.3. The van der Waals surface area contributed by atoms with Crippen LogP contribution in [0.15, 0.2) is 60.7 Å². The highest BCUT2D eigenvalue weighted by Crippen LogP contribution is 2.36. The quantitative estimate of drug-likeness (QED) is 0.0860. The summed E-state index contributed by atoms with van der Waals surface area (Å²) in [5, 5.41) is 17.6. The van der Waals surface area contributed by atoms with Gasteiger partial charge in [0.1, 0.15) is 24.1 Å². The maximum Gasteiger partial charge on any atom is 0.410 e. The molecule has 3 saturated heterocycles. The van der Waals surface area contributed by atoms with Crippen molar-refractivity contribution in [3.05, 3.63) is 83.0 Å². The van der Waals surface area contributed by atoms with Crippen molar-refractivity contribution in [3.63, 3.8) is 0 Å². The molecule has 21 nitrogen and oxygen atoms in total. The summed E-state index contributed by atoms with van der Waals surface area (Å²) in [6.45, 7) is 12.3. The number of piperazine rings is 1. The Morgan fingerprint density at radius 1 is 0.829 bits per heavy atom. The maximum absolute atomic E-state index is 13.3. The van der Waals surface area contributed by atoms with E-state index in [1.54, 1.807) is 23.1 Å². The standard InChI is InChI=1S/C55H68N10O11/c1-55(2,3)76-54(70)64-23-22-63(32-37(64)17-19-56)49-41-18-21-62(45-14-7-10-36-9-5-6-11-40(36)45)34-44(41)58-53(60-49)75-35-38-31-39(33-61(38)4)74-30-29-73-28-27-72-26-25-71-24-20-57-43-13-8-12-42-48(43)52(69)65(51(42)68)46-15-16-47(66)59-50(46)67/h5-14,37-39,46,57H,15-18,20-35H2,1-4H3,(H,59,66,67)/t37-,38-,39+,46?/m0/s1. The van der Waals surface area contributed by atoms with Gasteiger partial charge in [0, 0.05) is 74.1 Å². The van der Waals surface area contributed by atoms with Gasteiger partial charge in [-0.25, -0.2) is 4.79 Å². The molecule has 0 aliphatic carbocycles. The van der Waals surface area contributed by atoms with E-state index in [1.165, 1.54) is 10.8 Å². The number of fused-ring (bicyclic) bond motifs is 3. The van der Waals surface area contributed by atoms with E-state index in [1.807, 2.05) is 20.8 Å². The fourth-order valence-corrected chi connectivity index (χ4v) is 10.5. The second-order valence-corrected chi connectivity index (χ2v) is 20.6. The lowest BCUT2D eigenvalue weighted by molar-refractivity contribution is -0.136. The van der Waals surface area contributed by atoms with Gasteiger partial charge in [0.25, 0.3) is 11.8 Å². The first-order valence-electron chi connectivity index (χ1n) is 26.3. The Bertz CT molecular complexity index is 2810. The second kappa shape index (κ2) is 24.4. The molecule has 9 rings (SSSR count). The highest BCUT2D eigenvalue weighted by Gasteiger charge is 2.46. The zero-order valence-electron chi connectivity index (χ0n) is 43.8. The van der Waals surface area contributed by atoms with Crippen LogP contribution >= 0.6 is 0 Å². The smallest absolute Gasteiger partial charge is 0.410 e. The monoisotopic (exact) mass is 1040 g/mol. The zero-order valence-corrected chi connectivity index (χ0v) is 43.8. The zero-order chi connectivity index (χ0) is 53.3. The minimum Gasteiger partial charge on any atom is -0.462 e. The Morgan fingerprint density at radius 3 is 2.36 bits per heavy atom. The number of nitriles is 1. The number of ether oxygens (including phenoxy) is 6. The molecule has 1 aromatic heterocycles. The summed E-state index contributed by atoms with van der Waals surface area (Å²) in [4.78, 5) is 83.3. The van der Waals surface area contributed by atoms with E-state index in [0.29, 0.717) is 104 Å². The number of nitrogens with one attached hydrogen (secondary N) is 2. The summed E-state index contributed by atoms with van der Waals surface area (Å²) >= 11 is 0. The second-order valence-electron chi connectivity index (χ2n) is 20.6. The molecule has 21 heteroatoms. The van der Waals surface area contributed by atoms with Crippen molar-refractivity contribution in [2.45, 2.75) is 89.3 Å². The van der Waals surface area contributed by atoms with Gasteiger partial charge in [-0.3, -0.25) is 34.3 Å². The summed E-state index contributed by atoms with van der Waals surface area (Å²) in [5.74, 6) is -1.42. The number of imide groups is 2. The van der Waals surface area contributed by atoms with E-state index in [4.69, 9.17) is 38.4 Å². The highest BCUT2D eigenvalue weighted by molar-refractivity contribution is 6.25. The van der Waals surface area contributed by atoms with Gasteiger partial charge in [0.2, 0.25) is 11.8 Å². The van der Waals surface area contributed by atoms with Gasteiger partial charge in [-0.2, -0.15) is 15.2 Å². The molecule has 3 fully saturated rings. The Morgan fingerprint density at radius 2 is 1.58 bits per heavy atom. The van der Waals surface area contributed by atoms with Crippen LogP contribution in [0.3, 0.4) is 0 Å². The molecule has 1 unspecified atom stereocenters. The average molecular weight is 1050 g/mol. The summed E-state index contributed by atoms with van der Waals surface area (Å²) < 4.78 is 35.6. The van der Waals surface area contributed by atoms with Crippen molar-refractivity contribution in [1.82, 2.24) is 30.0 Å². The van der Waals surface area contributed by atoms with Crippen LogP contribution < -0.4 is 25.2 Å². The number of piperidine rings is 1. The van der Waals surface area contributed by atoms with Gasteiger partial charge < -0.3 is 48.4 Å². The molecule has 6 heterocycles. The first-order valence-corrected chi connectivity index (χ1v) is 26.3. The molecule has 3 aromatic carbocycles. The SMILES string of the molecule is CN1C[C@H](OCCOCCOCCOCCNc2cccc3c2C(=O)N(C2CCC(=O)NC2=O)C3=O)C[C@H]1COc1nc2c(c(N3CCN(C(=O)OC(C)(C)C)[C@@H](CC#N)C3)n1)CCN(c1cccc3ccccc13)C2. The van der Waals surface area contributed by atoms with Crippen LogP contribution in [0.2, 0.25) is 0 Å². The summed E-state index contributed by atoms with van der Waals surface area (Å²) in [6, 6.07) is 20.9. The number of hydrogen-bond donors (Lipinski definition) is 2. The predicted octanol–water partition coefficient (Wildman–Crippen LogP) is 4.56. The van der Waals surface area contributed by atoms with Crippen molar-refractivity contribution in [3.8, 4) is 12.1 Å². The topological polar surface area (TPSA) is 231 Å². The van der Waals surface area contributed by atoms with E-state index < -0.39 is 41.4 Å². The van der Waals surface area contributed by atoms with E-state index in [9.17, 15) is 29.2 Å². The number of carbonyl (C=O) groups excluding carboxylic acids is 5. The number of carbonyl (C=O) groups is 5. The van der Waals surface area contributed by atoms with Crippen molar-refractivity contribution >= 4 is 57.7 Å². The molecule has 5 amide bonds. The molecular formula is C55H68N10O11. The number of aromatic nitrogens is 2. The van der Waals surface area contributed by atoms with Crippen molar-refractivity contribution in [2.24, 2.45) is 0 Å². The highest BCUT2D eigenvalue weighted by atomic mass is 16.6. The van der Waals surface area contributed by atoms with Gasteiger partial charge >= 0.3 is 12.1 Å². The molecule has 0 radical (unpaired) electrons. The van der Waals surface area contributed by atoms with Gasteiger partial charge in [-0.1, -0.05) is 42.5 Å². The number of likely N-dealkylation sites (N-methyl/N-ethyl adjacent to an activating group) is 1. The summed E-state index contributed by atoms with van der Waals surface area (Å²) in [6.07, 6.45) is 1.36. The first-order chi connectivity index (χ1) is 36.8. The van der Waals surface area contributed by atoms with Crippen LogP contribution in [-0.2, 0) is 46.2 Å². The molecule has 404 valence electrons. The molecule has 5 aliphatic heterocycles. The van der Waals surface area contributed by atoms with E-state index >= 15 is 0 Å². The molecular weight excluding hydrogens is 977 g/mol. The number of anilines is 3. The molecule has 0 bridgehead atoms. The Balaban J connectivity index is 0.704. The van der Waals surface area contributed by atoms with Crippen LogP contribution in [-0.4, -0.2) is 183 Å². The number of likely N-dealkylation sites (tertiary alicyclic amines) is 1. The largest absolute Gasteiger partial charge is 0.462 e. The van der Waals surface area contributed by atoms with Gasteiger partial charge in [-0.15, -0.1) is 0 Å². The fourth-order valence-electron chi connectivity index (χ4n) is 10.5.